The molecular formula is C19H21NO3S. The number of ketones is 1. The maximum absolute atomic E-state index is 13.2. The Labute approximate surface area is 143 Å². The molecule has 1 saturated heterocycles. The van der Waals surface area contributed by atoms with Crippen LogP contribution in [0.4, 0.5) is 0 Å². The van der Waals surface area contributed by atoms with Gasteiger partial charge in [-0.15, -0.1) is 0 Å². The lowest BCUT2D eigenvalue weighted by atomic mass is 10.1. The number of benzene rings is 2. The average Bonchev–Trinajstić information content (AvgIpc) is 3.23. The topological polar surface area (TPSA) is 54.2 Å². The third kappa shape index (κ3) is 2.68. The largest absolute Gasteiger partial charge is 0.298 e. The monoisotopic (exact) mass is 343 g/mol. The first-order valence-corrected chi connectivity index (χ1v) is 9.36. The fourth-order valence-corrected chi connectivity index (χ4v) is 5.76. The van der Waals surface area contributed by atoms with Crippen molar-refractivity contribution >= 4 is 15.8 Å². The standard InChI is InChI=1S/C19H21NO3S/c1-12-10-13(2)19(14(3)11-12)24(22,23)20-17(15(4)21)18(20)16-8-6-5-7-9-16/h5-11,17-18H,1-4H3. The van der Waals surface area contributed by atoms with E-state index in [-0.39, 0.29) is 5.78 Å². The second-order valence-corrected chi connectivity index (χ2v) is 8.25. The summed E-state index contributed by atoms with van der Waals surface area (Å²) in [6.45, 7) is 7.00. The molecule has 4 nitrogen and oxygen atoms in total. The number of hydrogen-bond donors (Lipinski definition) is 0. The molecule has 0 spiro atoms. The minimum atomic E-state index is -3.72. The highest BCUT2D eigenvalue weighted by atomic mass is 32.2. The highest BCUT2D eigenvalue weighted by molar-refractivity contribution is 7.89. The van der Waals surface area contributed by atoms with Crippen molar-refractivity contribution in [3.05, 3.63) is 64.7 Å². The first kappa shape index (κ1) is 16.9. The van der Waals surface area contributed by atoms with E-state index in [4.69, 9.17) is 0 Å². The van der Waals surface area contributed by atoms with Gasteiger partial charge in [-0.05, 0) is 44.4 Å². The van der Waals surface area contributed by atoms with Crippen LogP contribution in [0.5, 0.6) is 0 Å². The molecule has 1 aliphatic heterocycles. The normalized spacial score (nSPS) is 23.1. The highest BCUT2D eigenvalue weighted by Crippen LogP contribution is 2.48. The fraction of sp³-hybridized carbons (Fsp3) is 0.316. The summed E-state index contributed by atoms with van der Waals surface area (Å²) in [5, 5.41) is 0. The van der Waals surface area contributed by atoms with Gasteiger partial charge in [0.2, 0.25) is 10.0 Å². The fourth-order valence-electron chi connectivity index (χ4n) is 3.57. The molecule has 0 N–H and O–H groups in total. The summed E-state index contributed by atoms with van der Waals surface area (Å²) in [5.74, 6) is -0.130. The molecule has 0 saturated carbocycles. The summed E-state index contributed by atoms with van der Waals surface area (Å²) in [7, 11) is -3.72. The van der Waals surface area contributed by atoms with Gasteiger partial charge in [0.15, 0.2) is 0 Å². The van der Waals surface area contributed by atoms with E-state index in [9.17, 15) is 13.2 Å². The van der Waals surface area contributed by atoms with E-state index in [1.54, 1.807) is 13.8 Å². The number of Topliss-reactive ketones (excluding diaryl/α,β-unsaturated/α-hetero) is 1. The molecule has 3 rings (SSSR count). The van der Waals surface area contributed by atoms with Gasteiger partial charge in [-0.1, -0.05) is 48.0 Å². The van der Waals surface area contributed by atoms with Crippen molar-refractivity contribution in [2.24, 2.45) is 0 Å². The van der Waals surface area contributed by atoms with E-state index in [1.165, 1.54) is 11.2 Å². The molecule has 2 aromatic rings. The quantitative estimate of drug-likeness (QED) is 0.800. The molecule has 1 fully saturated rings. The first-order valence-electron chi connectivity index (χ1n) is 7.92. The molecule has 0 aromatic heterocycles. The predicted molar refractivity (Wildman–Crippen MR) is 93.3 cm³/mol. The number of nitrogens with zero attached hydrogens (tertiary/aromatic N) is 1. The summed E-state index contributed by atoms with van der Waals surface area (Å²) in [4.78, 5) is 12.3. The van der Waals surface area contributed by atoms with Crippen molar-refractivity contribution in [3.63, 3.8) is 0 Å². The van der Waals surface area contributed by atoms with E-state index in [0.29, 0.717) is 16.0 Å². The smallest absolute Gasteiger partial charge is 0.244 e. The van der Waals surface area contributed by atoms with Crippen LogP contribution in [-0.2, 0) is 14.8 Å². The minimum absolute atomic E-state index is 0.130. The molecule has 3 atom stereocenters. The Morgan fingerprint density at radius 1 is 1.00 bits per heavy atom. The number of carbonyl (C=O) groups excluding carboxylic acids is 1. The predicted octanol–water partition coefficient (Wildman–Crippen LogP) is 3.32. The maximum Gasteiger partial charge on any atom is 0.244 e. The molecule has 3 unspecified atom stereocenters. The van der Waals surface area contributed by atoms with E-state index < -0.39 is 22.1 Å². The van der Waals surface area contributed by atoms with Crippen LogP contribution in [0.25, 0.3) is 0 Å². The zero-order chi connectivity index (χ0) is 17.6. The Morgan fingerprint density at radius 2 is 1.54 bits per heavy atom. The second-order valence-electron chi connectivity index (χ2n) is 6.47. The lowest BCUT2D eigenvalue weighted by molar-refractivity contribution is -0.117. The van der Waals surface area contributed by atoms with Crippen LogP contribution in [-0.4, -0.2) is 24.5 Å². The molecule has 126 valence electrons. The Morgan fingerprint density at radius 3 is 2.04 bits per heavy atom. The SMILES string of the molecule is CC(=O)C1C(c2ccccc2)N1S(=O)(=O)c1c(C)cc(C)cc1C. The van der Waals surface area contributed by atoms with Crippen molar-refractivity contribution in [1.82, 2.24) is 4.31 Å². The summed E-state index contributed by atoms with van der Waals surface area (Å²) in [6.07, 6.45) is 0. The van der Waals surface area contributed by atoms with Gasteiger partial charge < -0.3 is 0 Å². The van der Waals surface area contributed by atoms with Crippen LogP contribution in [0.1, 0.15) is 35.2 Å². The average molecular weight is 343 g/mol. The van der Waals surface area contributed by atoms with Crippen LogP contribution in [0.2, 0.25) is 0 Å². The Hall–Kier alpha value is -1.98. The van der Waals surface area contributed by atoms with Crippen LogP contribution in [0.15, 0.2) is 47.4 Å². The van der Waals surface area contributed by atoms with Crippen LogP contribution in [0.3, 0.4) is 0 Å². The van der Waals surface area contributed by atoms with Crippen molar-refractivity contribution in [3.8, 4) is 0 Å². The van der Waals surface area contributed by atoms with Crippen LogP contribution >= 0.6 is 0 Å². The Bertz CT molecular complexity index is 880. The van der Waals surface area contributed by atoms with Gasteiger partial charge in [-0.25, -0.2) is 8.42 Å². The summed E-state index contributed by atoms with van der Waals surface area (Å²) in [5.41, 5.74) is 3.31. The molecule has 0 radical (unpaired) electrons. The number of carbonyl (C=O) groups is 1. The van der Waals surface area contributed by atoms with Gasteiger partial charge in [-0.2, -0.15) is 4.31 Å². The molecule has 1 heterocycles. The van der Waals surface area contributed by atoms with Gasteiger partial charge in [0.1, 0.15) is 11.8 Å². The molecule has 24 heavy (non-hydrogen) atoms. The molecule has 0 bridgehead atoms. The molecular weight excluding hydrogens is 322 g/mol. The van der Waals surface area contributed by atoms with Crippen LogP contribution in [0, 0.1) is 20.8 Å². The van der Waals surface area contributed by atoms with Crippen molar-refractivity contribution in [2.45, 2.75) is 44.7 Å². The first-order chi connectivity index (χ1) is 11.2. The lowest BCUT2D eigenvalue weighted by Crippen LogP contribution is -2.20. The third-order valence-electron chi connectivity index (χ3n) is 4.46. The molecule has 2 aromatic carbocycles. The second kappa shape index (κ2) is 5.83. The number of hydrogen-bond acceptors (Lipinski definition) is 3. The summed E-state index contributed by atoms with van der Waals surface area (Å²) in [6, 6.07) is 12.0. The minimum Gasteiger partial charge on any atom is -0.298 e. The van der Waals surface area contributed by atoms with Gasteiger partial charge in [0.05, 0.1) is 10.9 Å². The lowest BCUT2D eigenvalue weighted by Gasteiger charge is -2.13. The van der Waals surface area contributed by atoms with Crippen molar-refractivity contribution in [2.75, 3.05) is 0 Å². The maximum atomic E-state index is 13.2. The van der Waals surface area contributed by atoms with Gasteiger partial charge in [0.25, 0.3) is 0 Å². The number of rotatable bonds is 4. The zero-order valence-electron chi connectivity index (χ0n) is 14.3. The Kier molecular flexibility index (Phi) is 4.10. The van der Waals surface area contributed by atoms with E-state index >= 15 is 0 Å². The number of aryl methyl sites for hydroxylation is 3. The number of sulfonamides is 1. The van der Waals surface area contributed by atoms with Crippen molar-refractivity contribution < 1.29 is 13.2 Å². The van der Waals surface area contributed by atoms with Crippen molar-refractivity contribution in [1.29, 1.82) is 0 Å². The summed E-state index contributed by atoms with van der Waals surface area (Å²) < 4.78 is 27.8. The molecule has 0 aliphatic carbocycles. The third-order valence-corrected chi connectivity index (χ3v) is 6.62. The summed E-state index contributed by atoms with van der Waals surface area (Å²) >= 11 is 0. The van der Waals surface area contributed by atoms with Gasteiger partial charge >= 0.3 is 0 Å². The van der Waals surface area contributed by atoms with Gasteiger partial charge in [-0.3, -0.25) is 4.79 Å². The van der Waals surface area contributed by atoms with E-state index in [1.807, 2.05) is 49.4 Å². The highest BCUT2D eigenvalue weighted by Gasteiger charge is 2.59. The molecule has 5 heteroatoms. The van der Waals surface area contributed by atoms with E-state index in [2.05, 4.69) is 0 Å². The Balaban J connectivity index is 2.09. The van der Waals surface area contributed by atoms with E-state index in [0.717, 1.165) is 11.1 Å². The molecule has 1 aliphatic rings. The van der Waals surface area contributed by atoms with Gasteiger partial charge in [0, 0.05) is 0 Å². The molecule has 0 amide bonds. The van der Waals surface area contributed by atoms with Crippen LogP contribution < -0.4 is 0 Å². The zero-order valence-corrected chi connectivity index (χ0v) is 15.1.